The number of hydrogen-bond acceptors (Lipinski definition) is 7. The minimum atomic E-state index is -1.07. The first-order chi connectivity index (χ1) is 18.9. The number of alkyl halides is 1. The number of halogens is 1. The SMILES string of the molecule is [CH2-]CCCc1ccc2c(n1)NCCC2.[CH2-]C[C@H](Nc1cncc(-c2ccccc2)n1)C(=O)O.[CH2-][C@H](F)COC.[Li+]. The zero-order valence-electron chi connectivity index (χ0n) is 23.6. The van der Waals surface area contributed by atoms with Crippen LogP contribution in [-0.2, 0) is 22.4 Å². The Balaban J connectivity index is 0.000000335. The van der Waals surface area contributed by atoms with Gasteiger partial charge >= 0.3 is 24.8 Å². The molecule has 0 saturated carbocycles. The average molecular weight is 544 g/mol. The fourth-order valence-electron chi connectivity index (χ4n) is 3.61. The molecule has 0 fully saturated rings. The molecule has 1 aromatic carbocycles. The third-order valence-electron chi connectivity index (χ3n) is 5.60. The van der Waals surface area contributed by atoms with E-state index >= 15 is 0 Å². The zero-order valence-corrected chi connectivity index (χ0v) is 23.6. The average Bonchev–Trinajstić information content (AvgIpc) is 2.96. The van der Waals surface area contributed by atoms with Crippen LogP contribution in [0.1, 0.15) is 36.9 Å². The third-order valence-corrected chi connectivity index (χ3v) is 5.60. The molecule has 1 aliphatic heterocycles. The molecular formula is C30H39FLiN5O3-2. The van der Waals surface area contributed by atoms with Crippen molar-refractivity contribution in [1.82, 2.24) is 15.0 Å². The number of carboxylic acids is 1. The van der Waals surface area contributed by atoms with Crippen LogP contribution in [0, 0.1) is 20.8 Å². The topological polar surface area (TPSA) is 109 Å². The maximum atomic E-state index is 11.5. The van der Waals surface area contributed by atoms with E-state index in [0.29, 0.717) is 11.5 Å². The van der Waals surface area contributed by atoms with Crippen LogP contribution < -0.4 is 29.5 Å². The molecule has 0 radical (unpaired) electrons. The monoisotopic (exact) mass is 543 g/mol. The summed E-state index contributed by atoms with van der Waals surface area (Å²) in [7, 11) is 1.44. The predicted octanol–water partition coefficient (Wildman–Crippen LogP) is 2.64. The van der Waals surface area contributed by atoms with Gasteiger partial charge < -0.3 is 41.2 Å². The molecule has 0 bridgehead atoms. The van der Waals surface area contributed by atoms with Crippen LogP contribution in [-0.4, -0.2) is 58.5 Å². The van der Waals surface area contributed by atoms with Crippen LogP contribution in [0.25, 0.3) is 11.3 Å². The number of aliphatic carboxylic acids is 1. The molecule has 0 saturated heterocycles. The molecule has 0 unspecified atom stereocenters. The largest absolute Gasteiger partial charge is 1.00 e. The number of carboxylic acid groups (broad SMARTS) is 1. The number of rotatable bonds is 10. The van der Waals surface area contributed by atoms with Crippen molar-refractivity contribution in [3.63, 3.8) is 0 Å². The van der Waals surface area contributed by atoms with Crippen molar-refractivity contribution in [3.05, 3.63) is 86.9 Å². The van der Waals surface area contributed by atoms with E-state index in [0.717, 1.165) is 37.2 Å². The third kappa shape index (κ3) is 12.9. The Morgan fingerprint density at radius 3 is 2.52 bits per heavy atom. The molecule has 0 spiro atoms. The number of benzene rings is 1. The van der Waals surface area contributed by atoms with E-state index in [9.17, 15) is 9.18 Å². The van der Waals surface area contributed by atoms with Gasteiger partial charge in [-0.15, -0.1) is 0 Å². The number of nitrogens with zero attached hydrogens (tertiary/aromatic N) is 3. The number of anilines is 2. The van der Waals surface area contributed by atoms with Gasteiger partial charge in [0.15, 0.2) is 0 Å². The molecule has 0 aliphatic carbocycles. The molecule has 1 aliphatic rings. The quantitative estimate of drug-likeness (QED) is 0.265. The number of aromatic nitrogens is 3. The van der Waals surface area contributed by atoms with Gasteiger partial charge in [0.1, 0.15) is 11.6 Å². The molecule has 4 rings (SSSR count). The number of unbranched alkanes of at least 4 members (excludes halogenated alkanes) is 1. The van der Waals surface area contributed by atoms with E-state index in [1.165, 1.54) is 37.4 Å². The van der Waals surface area contributed by atoms with E-state index in [4.69, 9.17) is 5.11 Å². The molecule has 0 amide bonds. The Morgan fingerprint density at radius 2 is 1.93 bits per heavy atom. The first kappa shape index (κ1) is 35.0. The van der Waals surface area contributed by atoms with E-state index in [1.54, 1.807) is 6.20 Å². The standard InChI is InChI=1S/C14H14N3O2.C12H17N2.C4H8FO.Li/c1-2-11(14(18)19)16-13-9-15-8-12(17-13)10-6-4-3-5-7-10;1-2-3-6-11-8-7-10-5-4-9-13-12(10)14-11;1-4(5)3-6-2;/h3-9,11H,1-2H2,(H,16,17)(H,18,19);7-8H,1-6,9H2,(H,13,14);4H,1,3H2,2H3;/q3*-1;+1/t11-;;4-;/m0.0./s1. The van der Waals surface area contributed by atoms with Crippen LogP contribution in [0.5, 0.6) is 0 Å². The first-order valence-electron chi connectivity index (χ1n) is 13.0. The normalized spacial score (nSPS) is 12.9. The summed E-state index contributed by atoms with van der Waals surface area (Å²) in [4.78, 5) is 24.0. The van der Waals surface area contributed by atoms with Crippen LogP contribution in [0.2, 0.25) is 0 Å². The van der Waals surface area contributed by atoms with Gasteiger partial charge in [0.2, 0.25) is 0 Å². The van der Waals surface area contributed by atoms with Crippen LogP contribution in [0.3, 0.4) is 0 Å². The Kier molecular flexibility index (Phi) is 17.5. The second-order valence-electron chi connectivity index (χ2n) is 8.83. The predicted molar refractivity (Wildman–Crippen MR) is 154 cm³/mol. The van der Waals surface area contributed by atoms with Crippen molar-refractivity contribution in [2.45, 2.75) is 50.7 Å². The van der Waals surface area contributed by atoms with Gasteiger partial charge in [-0.2, -0.15) is 12.8 Å². The van der Waals surface area contributed by atoms with Gasteiger partial charge in [-0.1, -0.05) is 42.8 Å². The van der Waals surface area contributed by atoms with Gasteiger partial charge in [-0.05, 0) is 37.1 Å². The summed E-state index contributed by atoms with van der Waals surface area (Å²) in [6, 6.07) is 13.2. The van der Waals surface area contributed by atoms with Gasteiger partial charge in [0.25, 0.3) is 0 Å². The van der Waals surface area contributed by atoms with Crippen molar-refractivity contribution < 1.29 is 37.9 Å². The summed E-state index contributed by atoms with van der Waals surface area (Å²) in [5.74, 6) is 0.581. The van der Waals surface area contributed by atoms with Crippen molar-refractivity contribution in [1.29, 1.82) is 0 Å². The van der Waals surface area contributed by atoms with Gasteiger partial charge in [-0.3, -0.25) is 14.2 Å². The van der Waals surface area contributed by atoms with Gasteiger partial charge in [-0.25, -0.2) is 9.97 Å². The van der Waals surface area contributed by atoms with Crippen molar-refractivity contribution >= 4 is 17.6 Å². The number of nitrogens with one attached hydrogen (secondary N) is 2. The van der Waals surface area contributed by atoms with E-state index in [2.05, 4.69) is 63.2 Å². The summed E-state index contributed by atoms with van der Waals surface area (Å²) in [6.07, 6.45) is 7.87. The molecule has 3 aromatic rings. The summed E-state index contributed by atoms with van der Waals surface area (Å²) in [5.41, 5.74) is 4.19. The number of aryl methyl sites for hydroxylation is 2. The van der Waals surface area contributed by atoms with Crippen LogP contribution in [0.4, 0.5) is 16.0 Å². The second kappa shape index (κ2) is 20.0. The molecule has 40 heavy (non-hydrogen) atoms. The minimum Gasteiger partial charge on any atom is -0.480 e. The van der Waals surface area contributed by atoms with Crippen LogP contribution in [0.15, 0.2) is 54.9 Å². The molecule has 3 N–H and O–H groups in total. The summed E-state index contributed by atoms with van der Waals surface area (Å²) in [6.45, 7) is 11.6. The van der Waals surface area contributed by atoms with E-state index < -0.39 is 18.2 Å². The number of pyridine rings is 1. The first-order valence-corrected chi connectivity index (χ1v) is 13.0. The Bertz CT molecular complexity index is 1120. The molecule has 2 aromatic heterocycles. The summed E-state index contributed by atoms with van der Waals surface area (Å²) < 4.78 is 15.8. The van der Waals surface area contributed by atoms with Gasteiger partial charge in [0, 0.05) is 31.5 Å². The molecule has 2 atom stereocenters. The number of methoxy groups -OCH3 is 1. The van der Waals surface area contributed by atoms with E-state index in [1.807, 2.05) is 30.3 Å². The summed E-state index contributed by atoms with van der Waals surface area (Å²) >= 11 is 0. The Labute approximate surface area is 249 Å². The zero-order chi connectivity index (χ0) is 28.5. The fraction of sp³-hybridized carbons (Fsp3) is 0.367. The van der Waals surface area contributed by atoms with E-state index in [-0.39, 0.29) is 31.9 Å². The van der Waals surface area contributed by atoms with Crippen molar-refractivity contribution in [2.24, 2.45) is 0 Å². The van der Waals surface area contributed by atoms with Gasteiger partial charge in [0.05, 0.1) is 24.1 Å². The number of carbonyl (C=O) groups is 1. The molecule has 8 nitrogen and oxygen atoms in total. The Hall–Kier alpha value is -2.99. The van der Waals surface area contributed by atoms with Crippen molar-refractivity contribution in [2.75, 3.05) is 30.9 Å². The fourth-order valence-corrected chi connectivity index (χ4v) is 3.61. The maximum Gasteiger partial charge on any atom is 1.00 e. The molecule has 3 heterocycles. The minimum absolute atomic E-state index is 0. The van der Waals surface area contributed by atoms with Crippen molar-refractivity contribution in [3.8, 4) is 11.3 Å². The maximum absolute atomic E-state index is 11.5. The number of hydrogen-bond donors (Lipinski definition) is 3. The van der Waals surface area contributed by atoms with Crippen LogP contribution >= 0.6 is 0 Å². The Morgan fingerprint density at radius 1 is 1.18 bits per heavy atom. The second-order valence-corrected chi connectivity index (χ2v) is 8.83. The summed E-state index contributed by atoms with van der Waals surface area (Å²) in [5, 5.41) is 15.1. The molecular weight excluding hydrogens is 504 g/mol. The number of ether oxygens (including phenoxy) is 1. The number of fused-ring (bicyclic) bond motifs is 1. The molecule has 10 heteroatoms. The molecule has 212 valence electrons. The smallest absolute Gasteiger partial charge is 0.480 e.